The van der Waals surface area contributed by atoms with Crippen LogP contribution in [0.3, 0.4) is 0 Å². The lowest BCUT2D eigenvalue weighted by atomic mass is 10.00. The Morgan fingerprint density at radius 2 is 2.04 bits per heavy atom. The maximum atomic E-state index is 12.3. The molecule has 0 saturated carbocycles. The van der Waals surface area contributed by atoms with E-state index in [1.807, 2.05) is 13.8 Å². The van der Waals surface area contributed by atoms with Gasteiger partial charge in [-0.25, -0.2) is 14.3 Å². The van der Waals surface area contributed by atoms with Crippen molar-refractivity contribution in [2.75, 3.05) is 18.1 Å². The molecule has 0 saturated heterocycles. The van der Waals surface area contributed by atoms with Gasteiger partial charge in [0, 0.05) is 19.3 Å². The van der Waals surface area contributed by atoms with Crippen LogP contribution in [0, 0.1) is 0 Å². The highest BCUT2D eigenvalue weighted by molar-refractivity contribution is 5.95. The number of hydrogen-bond acceptors (Lipinski definition) is 5. The van der Waals surface area contributed by atoms with Gasteiger partial charge in [0.15, 0.2) is 5.82 Å². The Morgan fingerprint density at radius 3 is 2.81 bits per heavy atom. The molecule has 0 fully saturated rings. The summed E-state index contributed by atoms with van der Waals surface area (Å²) in [6.45, 7) is 5.92. The molecular weight excluding hydrogens is 328 g/mol. The van der Waals surface area contributed by atoms with Crippen molar-refractivity contribution in [3.63, 3.8) is 0 Å². The number of hydrogen-bond donors (Lipinski definition) is 0. The molecule has 0 radical (unpaired) electrons. The van der Waals surface area contributed by atoms with Gasteiger partial charge in [0.2, 0.25) is 0 Å². The minimum absolute atomic E-state index is 0.301. The number of carbonyl (C=O) groups is 1. The first-order chi connectivity index (χ1) is 12.7. The molecule has 4 rings (SSSR count). The van der Waals surface area contributed by atoms with Crippen LogP contribution < -0.4 is 4.90 Å². The molecule has 2 aromatic heterocycles. The van der Waals surface area contributed by atoms with Gasteiger partial charge < -0.3 is 9.64 Å². The van der Waals surface area contributed by atoms with Crippen molar-refractivity contribution < 1.29 is 9.53 Å². The predicted molar refractivity (Wildman–Crippen MR) is 99.5 cm³/mol. The Balaban J connectivity index is 1.80. The number of carbonyl (C=O) groups excluding carboxylic acids is 1. The summed E-state index contributed by atoms with van der Waals surface area (Å²) in [6, 6.07) is 8.52. The van der Waals surface area contributed by atoms with Crippen LogP contribution in [0.15, 0.2) is 36.8 Å². The Bertz CT molecular complexity index is 964. The number of fused-ring (bicyclic) bond motifs is 2. The van der Waals surface area contributed by atoms with E-state index in [-0.39, 0.29) is 5.97 Å². The molecule has 0 amide bonds. The zero-order chi connectivity index (χ0) is 18.1. The van der Waals surface area contributed by atoms with E-state index in [2.05, 4.69) is 39.2 Å². The van der Waals surface area contributed by atoms with E-state index in [0.29, 0.717) is 12.2 Å². The molecule has 0 unspecified atom stereocenters. The van der Waals surface area contributed by atoms with Crippen LogP contribution in [0.1, 0.15) is 40.9 Å². The third-order valence-electron chi connectivity index (χ3n) is 4.94. The molecule has 0 N–H and O–H groups in total. The maximum absolute atomic E-state index is 12.3. The van der Waals surface area contributed by atoms with Gasteiger partial charge in [-0.1, -0.05) is 31.2 Å². The summed E-state index contributed by atoms with van der Waals surface area (Å²) in [4.78, 5) is 19.2. The molecule has 6 heteroatoms. The molecule has 1 aliphatic rings. The SMILES string of the molecule is CCOC(=O)c1cn2ncnc(N3CCc4ccccc4C3)c2c1CC. The van der Waals surface area contributed by atoms with E-state index in [4.69, 9.17) is 4.74 Å². The molecule has 3 aromatic rings. The topological polar surface area (TPSA) is 59.7 Å². The van der Waals surface area contributed by atoms with E-state index in [0.717, 1.165) is 42.8 Å². The van der Waals surface area contributed by atoms with Crippen molar-refractivity contribution in [2.24, 2.45) is 0 Å². The molecule has 26 heavy (non-hydrogen) atoms. The van der Waals surface area contributed by atoms with Crippen LogP contribution in [0.4, 0.5) is 5.82 Å². The van der Waals surface area contributed by atoms with Gasteiger partial charge in [0.1, 0.15) is 11.8 Å². The second kappa shape index (κ2) is 6.78. The van der Waals surface area contributed by atoms with Gasteiger partial charge >= 0.3 is 5.97 Å². The number of anilines is 1. The molecule has 0 atom stereocenters. The van der Waals surface area contributed by atoms with Gasteiger partial charge in [-0.2, -0.15) is 5.10 Å². The molecule has 134 valence electrons. The number of aromatic nitrogens is 3. The van der Waals surface area contributed by atoms with Gasteiger partial charge in [0.05, 0.1) is 12.2 Å². The molecule has 0 spiro atoms. The third-order valence-corrected chi connectivity index (χ3v) is 4.94. The van der Waals surface area contributed by atoms with E-state index < -0.39 is 0 Å². The highest BCUT2D eigenvalue weighted by Gasteiger charge is 2.24. The summed E-state index contributed by atoms with van der Waals surface area (Å²) >= 11 is 0. The zero-order valence-corrected chi connectivity index (χ0v) is 15.1. The Morgan fingerprint density at radius 1 is 1.23 bits per heavy atom. The third kappa shape index (κ3) is 2.71. The minimum Gasteiger partial charge on any atom is -0.462 e. The van der Waals surface area contributed by atoms with Crippen LogP contribution in [-0.4, -0.2) is 33.7 Å². The summed E-state index contributed by atoms with van der Waals surface area (Å²) in [5.41, 5.74) is 5.14. The van der Waals surface area contributed by atoms with Crippen LogP contribution in [0.25, 0.3) is 5.52 Å². The van der Waals surface area contributed by atoms with Crippen molar-refractivity contribution in [3.8, 4) is 0 Å². The molecule has 0 aliphatic carbocycles. The Kier molecular flexibility index (Phi) is 4.32. The second-order valence-corrected chi connectivity index (χ2v) is 6.41. The minimum atomic E-state index is -0.301. The number of ether oxygens (including phenoxy) is 1. The van der Waals surface area contributed by atoms with Gasteiger partial charge in [-0.3, -0.25) is 0 Å². The van der Waals surface area contributed by atoms with E-state index in [9.17, 15) is 4.79 Å². The first-order valence-corrected chi connectivity index (χ1v) is 9.07. The Labute approximate surface area is 152 Å². The van der Waals surface area contributed by atoms with Crippen molar-refractivity contribution in [2.45, 2.75) is 33.2 Å². The molecule has 1 aliphatic heterocycles. The van der Waals surface area contributed by atoms with Crippen LogP contribution in [0.5, 0.6) is 0 Å². The van der Waals surface area contributed by atoms with Gasteiger partial charge in [-0.15, -0.1) is 0 Å². The lowest BCUT2D eigenvalue weighted by Crippen LogP contribution is -2.31. The predicted octanol–water partition coefficient (Wildman–Crippen LogP) is 3.03. The van der Waals surface area contributed by atoms with Crippen LogP contribution in [-0.2, 0) is 24.1 Å². The van der Waals surface area contributed by atoms with Gasteiger partial charge in [-0.05, 0) is 36.5 Å². The molecule has 6 nitrogen and oxygen atoms in total. The smallest absolute Gasteiger partial charge is 0.340 e. The summed E-state index contributed by atoms with van der Waals surface area (Å²) < 4.78 is 6.98. The van der Waals surface area contributed by atoms with Gasteiger partial charge in [0.25, 0.3) is 0 Å². The molecular formula is C20H22N4O2. The second-order valence-electron chi connectivity index (χ2n) is 6.41. The standard InChI is InChI=1S/C20H22N4O2/c1-3-16-17(20(25)26-4-2)12-24-18(16)19(21-13-22-24)23-10-9-14-7-5-6-8-15(14)11-23/h5-8,12-13H,3-4,9-11H2,1-2H3. The Hall–Kier alpha value is -2.89. The monoisotopic (exact) mass is 350 g/mol. The first kappa shape index (κ1) is 16.6. The number of aryl methyl sites for hydroxylation is 1. The van der Waals surface area contributed by atoms with Crippen molar-refractivity contribution in [3.05, 3.63) is 59.0 Å². The number of rotatable bonds is 4. The molecule has 1 aromatic carbocycles. The lowest BCUT2D eigenvalue weighted by molar-refractivity contribution is 0.0525. The van der Waals surface area contributed by atoms with E-state index in [1.54, 1.807) is 17.0 Å². The average molecular weight is 350 g/mol. The fraction of sp³-hybridized carbons (Fsp3) is 0.350. The summed E-state index contributed by atoms with van der Waals surface area (Å²) in [5, 5.41) is 4.32. The highest BCUT2D eigenvalue weighted by Crippen LogP contribution is 2.30. The highest BCUT2D eigenvalue weighted by atomic mass is 16.5. The quantitative estimate of drug-likeness (QED) is 0.677. The molecule has 3 heterocycles. The van der Waals surface area contributed by atoms with E-state index >= 15 is 0 Å². The zero-order valence-electron chi connectivity index (χ0n) is 15.1. The first-order valence-electron chi connectivity index (χ1n) is 9.07. The number of esters is 1. The summed E-state index contributed by atoms with van der Waals surface area (Å²) in [6.07, 6.45) is 5.02. The largest absolute Gasteiger partial charge is 0.462 e. The number of nitrogens with zero attached hydrogens (tertiary/aromatic N) is 4. The lowest BCUT2D eigenvalue weighted by Gasteiger charge is -2.30. The summed E-state index contributed by atoms with van der Waals surface area (Å²) in [5.74, 6) is 0.576. The van der Waals surface area contributed by atoms with Crippen molar-refractivity contribution in [1.29, 1.82) is 0 Å². The molecule has 0 bridgehead atoms. The normalized spacial score (nSPS) is 13.7. The fourth-order valence-electron chi connectivity index (χ4n) is 3.71. The van der Waals surface area contributed by atoms with Crippen molar-refractivity contribution in [1.82, 2.24) is 14.6 Å². The van der Waals surface area contributed by atoms with E-state index in [1.165, 1.54) is 11.1 Å². The van der Waals surface area contributed by atoms with Crippen molar-refractivity contribution >= 4 is 17.3 Å². The number of benzene rings is 1. The maximum Gasteiger partial charge on any atom is 0.340 e. The van der Waals surface area contributed by atoms with Crippen LogP contribution >= 0.6 is 0 Å². The average Bonchev–Trinajstić information content (AvgIpc) is 3.06. The van der Waals surface area contributed by atoms with Crippen LogP contribution in [0.2, 0.25) is 0 Å². The summed E-state index contributed by atoms with van der Waals surface area (Å²) in [7, 11) is 0. The fourth-order valence-corrected chi connectivity index (χ4v) is 3.71.